The van der Waals surface area contributed by atoms with Crippen LogP contribution in [0.1, 0.15) is 34.6 Å². The quantitative estimate of drug-likeness (QED) is 0.646. The van der Waals surface area contributed by atoms with Gasteiger partial charge >= 0.3 is 0 Å². The van der Waals surface area contributed by atoms with Crippen LogP contribution >= 0.6 is 0 Å². The molecule has 0 unspecified atom stereocenters. The van der Waals surface area contributed by atoms with Gasteiger partial charge in [0.2, 0.25) is 0 Å². The number of amides is 1. The molecule has 3 aromatic rings. The summed E-state index contributed by atoms with van der Waals surface area (Å²) in [6.07, 6.45) is 0. The Balaban J connectivity index is 1.81. The Morgan fingerprint density at radius 2 is 2.07 bits per heavy atom. The first kappa shape index (κ1) is 17.0. The normalized spacial score (nSPS) is 15.3. The number of rotatable bonds is 5. The van der Waals surface area contributed by atoms with Crippen LogP contribution in [0.25, 0.3) is 11.3 Å². The molecule has 0 fully saturated rings. The summed E-state index contributed by atoms with van der Waals surface area (Å²) < 4.78 is 10.8. The summed E-state index contributed by atoms with van der Waals surface area (Å²) in [7, 11) is 1.60. The molecule has 0 saturated carbocycles. The molecule has 2 aromatic carbocycles. The van der Waals surface area contributed by atoms with Crippen LogP contribution in [0, 0.1) is 0 Å². The average Bonchev–Trinajstić information content (AvgIpc) is 3.25. The molecule has 7 nitrogen and oxygen atoms in total. The second-order valence-electron chi connectivity index (χ2n) is 6.16. The van der Waals surface area contributed by atoms with Crippen LogP contribution in [0.2, 0.25) is 0 Å². The van der Waals surface area contributed by atoms with Crippen molar-refractivity contribution in [3.63, 3.8) is 0 Å². The summed E-state index contributed by atoms with van der Waals surface area (Å²) >= 11 is 0. The molecule has 0 spiro atoms. The zero-order valence-corrected chi connectivity index (χ0v) is 14.9. The van der Waals surface area contributed by atoms with Crippen LogP contribution in [0.3, 0.4) is 0 Å². The van der Waals surface area contributed by atoms with Crippen molar-refractivity contribution >= 4 is 5.91 Å². The minimum absolute atomic E-state index is 0.0605. The third kappa shape index (κ3) is 2.87. The number of H-pyrrole nitrogens is 1. The van der Waals surface area contributed by atoms with Gasteiger partial charge in [-0.15, -0.1) is 0 Å². The van der Waals surface area contributed by atoms with Gasteiger partial charge in [-0.2, -0.15) is 5.10 Å². The van der Waals surface area contributed by atoms with Crippen LogP contribution in [-0.4, -0.2) is 34.9 Å². The zero-order valence-electron chi connectivity index (χ0n) is 14.9. The molecule has 4 rings (SSSR count). The molecule has 1 aliphatic rings. The van der Waals surface area contributed by atoms with Gasteiger partial charge in [0, 0.05) is 11.1 Å². The van der Waals surface area contributed by atoms with Gasteiger partial charge in [0.25, 0.3) is 5.91 Å². The molecule has 2 heterocycles. The average molecular weight is 365 g/mol. The summed E-state index contributed by atoms with van der Waals surface area (Å²) in [4.78, 5) is 12.4. The van der Waals surface area contributed by atoms with Crippen molar-refractivity contribution in [2.24, 2.45) is 0 Å². The molecular weight excluding hydrogens is 346 g/mol. The maximum Gasteiger partial charge on any atom is 0.270 e. The van der Waals surface area contributed by atoms with Crippen molar-refractivity contribution in [3.05, 3.63) is 59.3 Å². The first-order valence-corrected chi connectivity index (χ1v) is 8.61. The van der Waals surface area contributed by atoms with Crippen molar-refractivity contribution < 1.29 is 19.4 Å². The number of aromatic amines is 1. The number of nitrogens with zero attached hydrogens (tertiary/aromatic N) is 1. The Morgan fingerprint density at radius 3 is 2.85 bits per heavy atom. The van der Waals surface area contributed by atoms with Crippen molar-refractivity contribution in [3.8, 4) is 28.5 Å². The lowest BCUT2D eigenvalue weighted by molar-refractivity contribution is 0.0955. The lowest BCUT2D eigenvalue weighted by Gasteiger charge is -2.15. The molecule has 1 aromatic heterocycles. The van der Waals surface area contributed by atoms with Crippen LogP contribution in [0.5, 0.6) is 17.2 Å². The SMILES string of the molecule is CCOc1cc([C@@H]2NC(=O)c3[nH]nc(-c4cccc(OC)c4)c32)ccc1O. The minimum atomic E-state index is -0.396. The Kier molecular flexibility index (Phi) is 4.19. The van der Waals surface area contributed by atoms with E-state index in [0.717, 1.165) is 16.7 Å². The first-order valence-electron chi connectivity index (χ1n) is 8.61. The van der Waals surface area contributed by atoms with E-state index < -0.39 is 6.04 Å². The van der Waals surface area contributed by atoms with E-state index in [4.69, 9.17) is 9.47 Å². The summed E-state index contributed by atoms with van der Waals surface area (Å²) in [5.74, 6) is 0.929. The zero-order chi connectivity index (χ0) is 19.0. The van der Waals surface area contributed by atoms with Gasteiger partial charge < -0.3 is 19.9 Å². The van der Waals surface area contributed by atoms with E-state index in [2.05, 4.69) is 15.5 Å². The van der Waals surface area contributed by atoms with E-state index in [1.807, 2.05) is 31.2 Å². The number of benzene rings is 2. The molecule has 1 atom stereocenters. The number of hydrogen-bond donors (Lipinski definition) is 3. The van der Waals surface area contributed by atoms with Gasteiger partial charge in [0.15, 0.2) is 11.5 Å². The number of nitrogens with one attached hydrogen (secondary N) is 2. The van der Waals surface area contributed by atoms with Gasteiger partial charge in [-0.05, 0) is 36.8 Å². The molecular formula is C20H19N3O4. The highest BCUT2D eigenvalue weighted by Gasteiger charge is 2.35. The first-order chi connectivity index (χ1) is 13.1. The van der Waals surface area contributed by atoms with Crippen LogP contribution in [0.15, 0.2) is 42.5 Å². The third-order valence-electron chi connectivity index (χ3n) is 4.56. The van der Waals surface area contributed by atoms with Gasteiger partial charge in [-0.1, -0.05) is 18.2 Å². The van der Waals surface area contributed by atoms with E-state index in [9.17, 15) is 9.90 Å². The number of phenolic OH excluding ortho intramolecular Hbond substituents is 1. The van der Waals surface area contributed by atoms with Crippen LogP contribution < -0.4 is 14.8 Å². The van der Waals surface area contributed by atoms with E-state index in [1.54, 1.807) is 25.3 Å². The summed E-state index contributed by atoms with van der Waals surface area (Å²) in [5, 5.41) is 20.1. The third-order valence-corrected chi connectivity index (χ3v) is 4.56. The largest absolute Gasteiger partial charge is 0.504 e. The summed E-state index contributed by atoms with van der Waals surface area (Å²) in [5.41, 5.74) is 3.52. The number of ether oxygens (including phenoxy) is 2. The standard InChI is InChI=1S/C20H19N3O4/c1-3-27-15-10-12(7-8-14(15)24)17-16-18(22-23-19(16)20(25)21-17)11-5-4-6-13(9-11)26-2/h4-10,17,24H,3H2,1-2H3,(H,21,25)(H,22,23)/t17-/m0/s1. The Hall–Kier alpha value is -3.48. The fourth-order valence-electron chi connectivity index (χ4n) is 3.30. The molecule has 0 saturated heterocycles. The predicted octanol–water partition coefficient (Wildman–Crippen LogP) is 3.02. The molecule has 0 bridgehead atoms. The second-order valence-corrected chi connectivity index (χ2v) is 6.16. The lowest BCUT2D eigenvalue weighted by Crippen LogP contribution is -2.21. The molecule has 0 aliphatic carbocycles. The van der Waals surface area contributed by atoms with E-state index in [0.29, 0.717) is 29.5 Å². The molecule has 1 amide bonds. The number of carbonyl (C=O) groups is 1. The van der Waals surface area contributed by atoms with Crippen LogP contribution in [-0.2, 0) is 0 Å². The summed E-state index contributed by atoms with van der Waals surface area (Å²) in [6.45, 7) is 2.28. The molecule has 1 aliphatic heterocycles. The highest BCUT2D eigenvalue weighted by Crippen LogP contribution is 2.39. The number of phenols is 1. The van der Waals surface area contributed by atoms with E-state index in [-0.39, 0.29) is 11.7 Å². The smallest absolute Gasteiger partial charge is 0.270 e. The predicted molar refractivity (Wildman–Crippen MR) is 99.2 cm³/mol. The monoisotopic (exact) mass is 365 g/mol. The molecule has 7 heteroatoms. The summed E-state index contributed by atoms with van der Waals surface area (Å²) in [6, 6.07) is 12.2. The van der Waals surface area contributed by atoms with Crippen molar-refractivity contribution in [2.75, 3.05) is 13.7 Å². The molecule has 27 heavy (non-hydrogen) atoms. The highest BCUT2D eigenvalue weighted by atomic mass is 16.5. The van der Waals surface area contributed by atoms with Crippen molar-refractivity contribution in [1.29, 1.82) is 0 Å². The van der Waals surface area contributed by atoms with Crippen molar-refractivity contribution in [2.45, 2.75) is 13.0 Å². The minimum Gasteiger partial charge on any atom is -0.504 e. The molecule has 0 radical (unpaired) electrons. The fraction of sp³-hybridized carbons (Fsp3) is 0.200. The number of carbonyl (C=O) groups excluding carboxylic acids is 1. The Labute approximate surface area is 155 Å². The second kappa shape index (κ2) is 6.68. The number of aromatic nitrogens is 2. The molecule has 138 valence electrons. The molecule has 3 N–H and O–H groups in total. The van der Waals surface area contributed by atoms with Gasteiger partial charge in [-0.25, -0.2) is 0 Å². The number of fused-ring (bicyclic) bond motifs is 1. The Morgan fingerprint density at radius 1 is 1.22 bits per heavy atom. The number of hydrogen-bond acceptors (Lipinski definition) is 5. The Bertz CT molecular complexity index is 1010. The maximum absolute atomic E-state index is 12.4. The fourth-order valence-corrected chi connectivity index (χ4v) is 3.30. The van der Waals surface area contributed by atoms with Gasteiger partial charge in [0.1, 0.15) is 11.4 Å². The number of aromatic hydroxyl groups is 1. The van der Waals surface area contributed by atoms with Crippen molar-refractivity contribution in [1.82, 2.24) is 15.5 Å². The lowest BCUT2D eigenvalue weighted by atomic mass is 9.96. The van der Waals surface area contributed by atoms with Gasteiger partial charge in [0.05, 0.1) is 25.5 Å². The highest BCUT2D eigenvalue weighted by molar-refractivity contribution is 6.00. The van der Waals surface area contributed by atoms with E-state index in [1.165, 1.54) is 0 Å². The maximum atomic E-state index is 12.4. The number of methoxy groups -OCH3 is 1. The van der Waals surface area contributed by atoms with E-state index >= 15 is 0 Å². The van der Waals surface area contributed by atoms with Gasteiger partial charge in [-0.3, -0.25) is 9.89 Å². The van der Waals surface area contributed by atoms with Crippen LogP contribution in [0.4, 0.5) is 0 Å². The topological polar surface area (TPSA) is 96.5 Å².